The van der Waals surface area contributed by atoms with Gasteiger partial charge in [-0.1, -0.05) is 37.5 Å². The van der Waals surface area contributed by atoms with E-state index >= 15 is 0 Å². The third-order valence-corrected chi connectivity index (χ3v) is 7.19. The molecule has 4 nitrogen and oxygen atoms in total. The Morgan fingerprint density at radius 1 is 1.09 bits per heavy atom. The highest BCUT2D eigenvalue weighted by molar-refractivity contribution is 5.99. The maximum Gasteiger partial charge on any atom is 0.235 e. The predicted molar refractivity (Wildman–Crippen MR) is 127 cm³/mol. The molecule has 0 spiro atoms. The average molecular weight is 439 g/mol. The van der Waals surface area contributed by atoms with Crippen LogP contribution in [0.2, 0.25) is 0 Å². The summed E-state index contributed by atoms with van der Waals surface area (Å²) in [5, 5.41) is 3.02. The van der Waals surface area contributed by atoms with E-state index in [1.807, 2.05) is 30.3 Å². The van der Waals surface area contributed by atoms with Crippen LogP contribution >= 0.6 is 0 Å². The molecule has 1 amide bonds. The molecule has 1 heterocycles. The molecule has 32 heavy (non-hydrogen) atoms. The van der Waals surface area contributed by atoms with Crippen molar-refractivity contribution in [1.29, 1.82) is 0 Å². The van der Waals surface area contributed by atoms with Gasteiger partial charge in [-0.15, -0.1) is 0 Å². The summed E-state index contributed by atoms with van der Waals surface area (Å²) in [5.41, 5.74) is 0.441. The summed E-state index contributed by atoms with van der Waals surface area (Å²) in [6.45, 7) is 5.28. The summed E-state index contributed by atoms with van der Waals surface area (Å²) < 4.78 is 20.4. The first-order chi connectivity index (χ1) is 15.6. The molecule has 1 N–H and O–H groups in total. The number of carbonyl (C=O) groups excluding carboxylic acids is 1. The van der Waals surface area contributed by atoms with Crippen molar-refractivity contribution in [2.45, 2.75) is 69.7 Å². The molecular formula is C27H35FN2O2. The zero-order valence-electron chi connectivity index (χ0n) is 19.1. The molecule has 1 aliphatic carbocycles. The maximum atomic E-state index is 14.5. The van der Waals surface area contributed by atoms with Gasteiger partial charge < -0.3 is 15.0 Å². The number of rotatable bonds is 8. The monoisotopic (exact) mass is 438 g/mol. The van der Waals surface area contributed by atoms with Gasteiger partial charge in [-0.3, -0.25) is 4.79 Å². The number of carbonyl (C=O) groups is 1. The van der Waals surface area contributed by atoms with Crippen molar-refractivity contribution in [3.05, 3.63) is 59.9 Å². The zero-order valence-corrected chi connectivity index (χ0v) is 19.1. The molecule has 1 saturated carbocycles. The lowest BCUT2D eigenvalue weighted by Gasteiger charge is -2.33. The fourth-order valence-corrected chi connectivity index (χ4v) is 5.28. The lowest BCUT2D eigenvalue weighted by molar-refractivity contribution is -0.121. The van der Waals surface area contributed by atoms with Crippen LogP contribution in [-0.4, -0.2) is 36.5 Å². The van der Waals surface area contributed by atoms with E-state index in [1.165, 1.54) is 31.9 Å². The Balaban J connectivity index is 1.31. The van der Waals surface area contributed by atoms with Crippen molar-refractivity contribution in [2.75, 3.05) is 25.0 Å². The molecule has 2 fully saturated rings. The van der Waals surface area contributed by atoms with Gasteiger partial charge in [0, 0.05) is 23.8 Å². The molecule has 1 saturated heterocycles. The standard InChI is InChI=1S/C27H35FN2O2/c1-21-9-4-7-18-30(21)19-8-20-32-23-14-12-22(13-15-23)29-26(31)27(16-5-6-17-27)24-10-2-3-11-25(24)28/h2-3,10-15,21H,4-9,16-20H2,1H3,(H,29,31)/t21-/m1/s1. The second kappa shape index (κ2) is 10.5. The average Bonchev–Trinajstić information content (AvgIpc) is 3.30. The summed E-state index contributed by atoms with van der Waals surface area (Å²) in [7, 11) is 0. The molecular weight excluding hydrogens is 403 g/mol. The SMILES string of the molecule is C[C@@H]1CCCCN1CCCOc1ccc(NC(=O)C2(c3ccccc3F)CCCC2)cc1. The summed E-state index contributed by atoms with van der Waals surface area (Å²) in [6.07, 6.45) is 8.18. The van der Waals surface area contributed by atoms with Gasteiger partial charge >= 0.3 is 0 Å². The number of anilines is 1. The van der Waals surface area contributed by atoms with E-state index in [0.717, 1.165) is 31.6 Å². The van der Waals surface area contributed by atoms with E-state index in [9.17, 15) is 9.18 Å². The Bertz CT molecular complexity index is 893. The number of nitrogens with zero attached hydrogens (tertiary/aromatic N) is 1. The van der Waals surface area contributed by atoms with E-state index in [-0.39, 0.29) is 11.7 Å². The first-order valence-corrected chi connectivity index (χ1v) is 12.1. The van der Waals surface area contributed by atoms with Crippen LogP contribution in [-0.2, 0) is 10.2 Å². The number of nitrogens with one attached hydrogen (secondary N) is 1. The van der Waals surface area contributed by atoms with Gasteiger partial charge in [-0.05, 0) is 75.9 Å². The smallest absolute Gasteiger partial charge is 0.235 e. The third kappa shape index (κ3) is 5.15. The number of likely N-dealkylation sites (tertiary alicyclic amines) is 1. The first kappa shape index (κ1) is 22.8. The summed E-state index contributed by atoms with van der Waals surface area (Å²) in [6, 6.07) is 14.9. The van der Waals surface area contributed by atoms with Crippen molar-refractivity contribution in [1.82, 2.24) is 4.90 Å². The largest absolute Gasteiger partial charge is 0.494 e. The van der Waals surface area contributed by atoms with Crippen LogP contribution in [0.3, 0.4) is 0 Å². The highest BCUT2D eigenvalue weighted by atomic mass is 19.1. The van der Waals surface area contributed by atoms with Crippen LogP contribution in [0.1, 0.15) is 63.9 Å². The molecule has 5 heteroatoms. The van der Waals surface area contributed by atoms with Gasteiger partial charge in [0.05, 0.1) is 12.0 Å². The number of ether oxygens (including phenoxy) is 1. The van der Waals surface area contributed by atoms with Gasteiger partial charge in [-0.25, -0.2) is 4.39 Å². The van der Waals surface area contributed by atoms with Crippen molar-refractivity contribution in [3.63, 3.8) is 0 Å². The van der Waals surface area contributed by atoms with E-state index in [1.54, 1.807) is 12.1 Å². The van der Waals surface area contributed by atoms with Crippen LogP contribution in [0.4, 0.5) is 10.1 Å². The van der Waals surface area contributed by atoms with Gasteiger partial charge in [-0.2, -0.15) is 0 Å². The van der Waals surface area contributed by atoms with Crippen LogP contribution < -0.4 is 10.1 Å². The van der Waals surface area contributed by atoms with Gasteiger partial charge in [0.15, 0.2) is 0 Å². The third-order valence-electron chi connectivity index (χ3n) is 7.19. The number of amides is 1. The van der Waals surface area contributed by atoms with Gasteiger partial charge in [0.2, 0.25) is 5.91 Å². The lowest BCUT2D eigenvalue weighted by atomic mass is 9.77. The number of benzene rings is 2. The Hall–Kier alpha value is -2.40. The normalized spacial score (nSPS) is 20.8. The lowest BCUT2D eigenvalue weighted by Crippen LogP contribution is -2.38. The second-order valence-corrected chi connectivity index (χ2v) is 9.33. The van der Waals surface area contributed by atoms with Crippen LogP contribution in [0.15, 0.2) is 48.5 Å². The topological polar surface area (TPSA) is 41.6 Å². The van der Waals surface area contributed by atoms with E-state index in [0.29, 0.717) is 36.7 Å². The number of halogens is 1. The molecule has 2 aliphatic rings. The molecule has 0 unspecified atom stereocenters. The Morgan fingerprint density at radius 3 is 2.56 bits per heavy atom. The number of hydrogen-bond acceptors (Lipinski definition) is 3. The summed E-state index contributed by atoms with van der Waals surface area (Å²) in [4.78, 5) is 15.8. The minimum Gasteiger partial charge on any atom is -0.494 e. The second-order valence-electron chi connectivity index (χ2n) is 9.33. The summed E-state index contributed by atoms with van der Waals surface area (Å²) >= 11 is 0. The van der Waals surface area contributed by atoms with Crippen molar-refractivity contribution >= 4 is 11.6 Å². The van der Waals surface area contributed by atoms with Crippen LogP contribution in [0, 0.1) is 5.82 Å². The Kier molecular flexibility index (Phi) is 7.46. The molecule has 2 aromatic rings. The molecule has 4 rings (SSSR count). The van der Waals surface area contributed by atoms with E-state index in [4.69, 9.17) is 4.74 Å². The highest BCUT2D eigenvalue weighted by Crippen LogP contribution is 2.43. The number of piperidine rings is 1. The summed E-state index contributed by atoms with van der Waals surface area (Å²) in [5.74, 6) is 0.385. The van der Waals surface area contributed by atoms with Crippen molar-refractivity contribution < 1.29 is 13.9 Å². The molecule has 0 radical (unpaired) electrons. The predicted octanol–water partition coefficient (Wildman–Crippen LogP) is 5.92. The molecule has 0 aromatic heterocycles. The molecule has 0 bridgehead atoms. The molecule has 1 atom stereocenters. The molecule has 1 aliphatic heterocycles. The Morgan fingerprint density at radius 2 is 1.84 bits per heavy atom. The first-order valence-electron chi connectivity index (χ1n) is 12.1. The van der Waals surface area contributed by atoms with E-state index in [2.05, 4.69) is 17.1 Å². The fourth-order valence-electron chi connectivity index (χ4n) is 5.28. The maximum absolute atomic E-state index is 14.5. The van der Waals surface area contributed by atoms with E-state index < -0.39 is 5.41 Å². The molecule has 172 valence electrons. The number of hydrogen-bond donors (Lipinski definition) is 1. The highest BCUT2D eigenvalue weighted by Gasteiger charge is 2.44. The van der Waals surface area contributed by atoms with Gasteiger partial charge in [0.25, 0.3) is 0 Å². The zero-order chi connectivity index (χ0) is 22.4. The van der Waals surface area contributed by atoms with Crippen molar-refractivity contribution in [2.24, 2.45) is 0 Å². The minimum absolute atomic E-state index is 0.121. The van der Waals surface area contributed by atoms with Crippen LogP contribution in [0.5, 0.6) is 5.75 Å². The minimum atomic E-state index is -0.786. The van der Waals surface area contributed by atoms with Gasteiger partial charge in [0.1, 0.15) is 11.6 Å². The fraction of sp³-hybridized carbons (Fsp3) is 0.519. The van der Waals surface area contributed by atoms with Crippen molar-refractivity contribution in [3.8, 4) is 5.75 Å². The Labute approximate surface area is 191 Å². The molecule has 2 aromatic carbocycles. The quantitative estimate of drug-likeness (QED) is 0.520. The van der Waals surface area contributed by atoms with Crippen LogP contribution in [0.25, 0.3) is 0 Å².